The van der Waals surface area contributed by atoms with Crippen LogP contribution in [0, 0.1) is 15.9 Å². The number of benzene rings is 1. The largest absolute Gasteiger partial charge is 0.482 e. The summed E-state index contributed by atoms with van der Waals surface area (Å²) in [7, 11) is 0. The smallest absolute Gasteiger partial charge is 0.311 e. The Bertz CT molecular complexity index is 423. The fourth-order valence-corrected chi connectivity index (χ4v) is 1.05. The third kappa shape index (κ3) is 3.20. The summed E-state index contributed by atoms with van der Waals surface area (Å²) in [5.41, 5.74) is 0.268. The van der Waals surface area contributed by atoms with E-state index in [1.54, 1.807) is 0 Å². The summed E-state index contributed by atoms with van der Waals surface area (Å²) in [5.74, 6) is -0.545. The number of hydrogen-bond donors (Lipinski definition) is 0. The first-order valence-electron chi connectivity index (χ1n) is 4.34. The number of rotatable bonds is 5. The minimum atomic E-state index is -0.641. The van der Waals surface area contributed by atoms with E-state index in [-0.39, 0.29) is 23.9 Å². The summed E-state index contributed by atoms with van der Waals surface area (Å²) >= 11 is 5.46. The topological polar surface area (TPSA) is 52.4 Å². The highest BCUT2D eigenvalue weighted by Crippen LogP contribution is 2.27. The van der Waals surface area contributed by atoms with Crippen molar-refractivity contribution in [1.82, 2.24) is 0 Å². The monoisotopic (exact) mass is 245 g/mol. The van der Waals surface area contributed by atoms with E-state index in [1.807, 2.05) is 0 Å². The molecule has 1 rings (SSSR count). The fraction of sp³-hybridized carbons (Fsp3) is 0.200. The number of nitro groups is 1. The van der Waals surface area contributed by atoms with Gasteiger partial charge in [-0.15, -0.1) is 11.6 Å². The molecule has 0 saturated carbocycles. The van der Waals surface area contributed by atoms with Gasteiger partial charge < -0.3 is 4.74 Å². The van der Waals surface area contributed by atoms with Crippen molar-refractivity contribution in [2.24, 2.45) is 0 Å². The zero-order valence-corrected chi connectivity index (χ0v) is 9.04. The van der Waals surface area contributed by atoms with Gasteiger partial charge in [-0.1, -0.05) is 6.58 Å². The van der Waals surface area contributed by atoms with Crippen molar-refractivity contribution in [3.8, 4) is 5.75 Å². The molecule has 0 unspecified atom stereocenters. The summed E-state index contributed by atoms with van der Waals surface area (Å²) in [6, 6.07) is 3.01. The Morgan fingerprint density at radius 3 is 2.88 bits per heavy atom. The van der Waals surface area contributed by atoms with E-state index < -0.39 is 10.7 Å². The van der Waals surface area contributed by atoms with Crippen LogP contribution in [-0.2, 0) is 0 Å². The van der Waals surface area contributed by atoms with Gasteiger partial charge in [-0.25, -0.2) is 4.39 Å². The second-order valence-corrected chi connectivity index (χ2v) is 3.31. The summed E-state index contributed by atoms with van der Waals surface area (Å²) in [6.45, 7) is 3.59. The first-order chi connectivity index (χ1) is 7.54. The molecule has 0 aliphatic heterocycles. The Kier molecular flexibility index (Phi) is 4.25. The minimum absolute atomic E-state index is 0.0216. The second kappa shape index (κ2) is 5.46. The molecule has 86 valence electrons. The lowest BCUT2D eigenvalue weighted by Crippen LogP contribution is -2.03. The third-order valence-corrected chi connectivity index (χ3v) is 2.12. The number of hydrogen-bond acceptors (Lipinski definition) is 3. The maximum atomic E-state index is 12.9. The van der Waals surface area contributed by atoms with Gasteiger partial charge in [0.1, 0.15) is 12.4 Å². The van der Waals surface area contributed by atoms with Crippen LogP contribution in [0.1, 0.15) is 0 Å². The van der Waals surface area contributed by atoms with Gasteiger partial charge >= 0.3 is 5.69 Å². The van der Waals surface area contributed by atoms with E-state index in [0.717, 1.165) is 18.2 Å². The van der Waals surface area contributed by atoms with Gasteiger partial charge in [0, 0.05) is 18.0 Å². The zero-order chi connectivity index (χ0) is 12.1. The van der Waals surface area contributed by atoms with Gasteiger partial charge in [-0.3, -0.25) is 10.1 Å². The average molecular weight is 246 g/mol. The highest BCUT2D eigenvalue weighted by molar-refractivity contribution is 6.19. The van der Waals surface area contributed by atoms with E-state index in [9.17, 15) is 14.5 Å². The molecule has 0 spiro atoms. The molecule has 0 heterocycles. The molecular weight excluding hydrogens is 237 g/mol. The van der Waals surface area contributed by atoms with Crippen LogP contribution < -0.4 is 4.74 Å². The number of alkyl halides is 1. The summed E-state index contributed by atoms with van der Waals surface area (Å²) in [5, 5.41) is 10.6. The van der Waals surface area contributed by atoms with E-state index in [0.29, 0.717) is 5.57 Å². The van der Waals surface area contributed by atoms with E-state index in [2.05, 4.69) is 6.58 Å². The highest BCUT2D eigenvalue weighted by Gasteiger charge is 2.15. The van der Waals surface area contributed by atoms with Crippen molar-refractivity contribution in [3.63, 3.8) is 0 Å². The molecule has 0 fully saturated rings. The Labute approximate surface area is 96.4 Å². The lowest BCUT2D eigenvalue weighted by atomic mass is 10.3. The first-order valence-corrected chi connectivity index (χ1v) is 4.87. The van der Waals surface area contributed by atoms with Crippen LogP contribution in [0.15, 0.2) is 30.4 Å². The van der Waals surface area contributed by atoms with Crippen LogP contribution in [0.3, 0.4) is 0 Å². The SMILES string of the molecule is C=C(CCl)COc1cc(F)ccc1[N+](=O)[O-]. The van der Waals surface area contributed by atoms with E-state index in [1.165, 1.54) is 0 Å². The molecular formula is C10H9ClFNO3. The predicted molar refractivity (Wildman–Crippen MR) is 58.4 cm³/mol. The van der Waals surface area contributed by atoms with Crippen molar-refractivity contribution in [1.29, 1.82) is 0 Å². The van der Waals surface area contributed by atoms with Gasteiger partial charge in [0.05, 0.1) is 4.92 Å². The summed E-state index contributed by atoms with van der Waals surface area (Å²) in [4.78, 5) is 9.96. The highest BCUT2D eigenvalue weighted by atomic mass is 35.5. The van der Waals surface area contributed by atoms with E-state index in [4.69, 9.17) is 16.3 Å². The maximum absolute atomic E-state index is 12.9. The molecule has 0 aliphatic carbocycles. The molecule has 0 atom stereocenters. The molecule has 0 radical (unpaired) electrons. The molecule has 1 aromatic rings. The predicted octanol–water partition coefficient (Wildman–Crippen LogP) is 2.91. The summed E-state index contributed by atoms with van der Waals surface area (Å²) in [6.07, 6.45) is 0. The van der Waals surface area contributed by atoms with E-state index >= 15 is 0 Å². The molecule has 0 amide bonds. The van der Waals surface area contributed by atoms with Crippen LogP contribution in [0.25, 0.3) is 0 Å². The molecule has 16 heavy (non-hydrogen) atoms. The number of halogens is 2. The Morgan fingerprint density at radius 2 is 2.31 bits per heavy atom. The van der Waals surface area contributed by atoms with Gasteiger partial charge in [-0.2, -0.15) is 0 Å². The lowest BCUT2D eigenvalue weighted by Gasteiger charge is -2.06. The van der Waals surface area contributed by atoms with Crippen LogP contribution in [0.4, 0.5) is 10.1 Å². The molecule has 1 aromatic carbocycles. The normalized spacial score (nSPS) is 9.88. The number of nitro benzene ring substituents is 1. The first kappa shape index (κ1) is 12.4. The van der Waals surface area contributed by atoms with Crippen LogP contribution in [0.2, 0.25) is 0 Å². The van der Waals surface area contributed by atoms with Crippen molar-refractivity contribution in [2.45, 2.75) is 0 Å². The zero-order valence-electron chi connectivity index (χ0n) is 8.28. The summed E-state index contributed by atoms with van der Waals surface area (Å²) < 4.78 is 17.9. The number of ether oxygens (including phenoxy) is 1. The molecule has 0 aromatic heterocycles. The van der Waals surface area contributed by atoms with Gasteiger partial charge in [0.15, 0.2) is 5.75 Å². The van der Waals surface area contributed by atoms with Crippen molar-refractivity contribution in [2.75, 3.05) is 12.5 Å². The van der Waals surface area contributed by atoms with Crippen molar-refractivity contribution in [3.05, 3.63) is 46.3 Å². The molecule has 4 nitrogen and oxygen atoms in total. The second-order valence-electron chi connectivity index (χ2n) is 3.04. The molecule has 0 N–H and O–H groups in total. The standard InChI is InChI=1S/C10H9ClFNO3/c1-7(5-11)6-16-10-4-8(12)2-3-9(10)13(14)15/h2-4H,1,5-6H2. The maximum Gasteiger partial charge on any atom is 0.311 e. The quantitative estimate of drug-likeness (QED) is 0.347. The van der Waals surface area contributed by atoms with Crippen LogP contribution in [0.5, 0.6) is 5.75 Å². The lowest BCUT2D eigenvalue weighted by molar-refractivity contribution is -0.385. The van der Waals surface area contributed by atoms with Crippen molar-refractivity contribution < 1.29 is 14.1 Å². The van der Waals surface area contributed by atoms with Gasteiger partial charge in [0.25, 0.3) is 0 Å². The van der Waals surface area contributed by atoms with Gasteiger partial charge in [0.2, 0.25) is 0 Å². The van der Waals surface area contributed by atoms with Gasteiger partial charge in [-0.05, 0) is 11.6 Å². The van der Waals surface area contributed by atoms with Crippen molar-refractivity contribution >= 4 is 17.3 Å². The molecule has 0 saturated heterocycles. The Morgan fingerprint density at radius 1 is 1.62 bits per heavy atom. The Hall–Kier alpha value is -1.62. The fourth-order valence-electron chi connectivity index (χ4n) is 0.973. The molecule has 6 heteroatoms. The minimum Gasteiger partial charge on any atom is -0.482 e. The van der Waals surface area contributed by atoms with Crippen LogP contribution >= 0.6 is 11.6 Å². The molecule has 0 bridgehead atoms. The average Bonchev–Trinajstić information content (AvgIpc) is 2.25. The molecule has 0 aliphatic rings. The van der Waals surface area contributed by atoms with Crippen LogP contribution in [-0.4, -0.2) is 17.4 Å². The Balaban J connectivity index is 2.88. The third-order valence-electron chi connectivity index (χ3n) is 1.74. The number of nitrogens with zero attached hydrogens (tertiary/aromatic N) is 1.